The Morgan fingerprint density at radius 2 is 1.93 bits per heavy atom. The molecule has 0 aliphatic heterocycles. The van der Waals surface area contributed by atoms with Gasteiger partial charge in [0.1, 0.15) is 17.4 Å². The maximum atomic E-state index is 12.4. The minimum Gasteiger partial charge on any atom is -0.347 e. The number of pyridine rings is 2. The van der Waals surface area contributed by atoms with Gasteiger partial charge in [-0.1, -0.05) is 24.3 Å². The number of benzene rings is 1. The summed E-state index contributed by atoms with van der Waals surface area (Å²) in [6, 6.07) is 17.5. The molecule has 3 heterocycles. The van der Waals surface area contributed by atoms with Gasteiger partial charge in [0.25, 0.3) is 5.91 Å². The molecule has 28 heavy (non-hydrogen) atoms. The highest BCUT2D eigenvalue weighted by atomic mass is 16.1. The maximum absolute atomic E-state index is 12.4. The number of carbonyl (C=O) groups excluding carboxylic acids is 1. The second kappa shape index (κ2) is 7.33. The first kappa shape index (κ1) is 17.4. The second-order valence-corrected chi connectivity index (χ2v) is 6.49. The first-order valence-corrected chi connectivity index (χ1v) is 8.81. The fraction of sp³-hybridized carbons (Fsp3) is 0.0909. The molecule has 136 valence electrons. The summed E-state index contributed by atoms with van der Waals surface area (Å²) in [4.78, 5) is 20.9. The van der Waals surface area contributed by atoms with Crippen molar-refractivity contribution in [3.8, 4) is 17.2 Å². The van der Waals surface area contributed by atoms with Crippen LogP contribution < -0.4 is 5.32 Å². The number of hydrogen-bond acceptors (Lipinski definition) is 4. The SMILES string of the molecule is Cc1cc(-c2ccc(CNC(=O)c3cn4cc(C#N)ccc4n3)cc2)ccn1. The first-order valence-electron chi connectivity index (χ1n) is 8.81. The quantitative estimate of drug-likeness (QED) is 0.598. The zero-order chi connectivity index (χ0) is 19.5. The van der Waals surface area contributed by atoms with E-state index in [2.05, 4.69) is 21.4 Å². The van der Waals surface area contributed by atoms with Crippen molar-refractivity contribution < 1.29 is 4.79 Å². The van der Waals surface area contributed by atoms with Crippen molar-refractivity contribution in [3.05, 3.63) is 89.6 Å². The van der Waals surface area contributed by atoms with Crippen molar-refractivity contribution in [2.75, 3.05) is 0 Å². The Kier molecular flexibility index (Phi) is 4.56. The molecule has 4 rings (SSSR count). The number of nitrogens with zero attached hydrogens (tertiary/aromatic N) is 4. The van der Waals surface area contributed by atoms with E-state index in [0.717, 1.165) is 22.4 Å². The van der Waals surface area contributed by atoms with Gasteiger partial charge >= 0.3 is 0 Å². The molecule has 0 aliphatic carbocycles. The van der Waals surface area contributed by atoms with E-state index in [9.17, 15) is 4.79 Å². The minimum absolute atomic E-state index is 0.254. The highest BCUT2D eigenvalue weighted by Crippen LogP contribution is 2.20. The fourth-order valence-electron chi connectivity index (χ4n) is 2.98. The van der Waals surface area contributed by atoms with Gasteiger partial charge in [-0.05, 0) is 47.9 Å². The van der Waals surface area contributed by atoms with Gasteiger partial charge in [0.2, 0.25) is 0 Å². The zero-order valence-corrected chi connectivity index (χ0v) is 15.3. The molecule has 0 radical (unpaired) electrons. The van der Waals surface area contributed by atoms with Crippen LogP contribution in [0.4, 0.5) is 0 Å². The number of nitriles is 1. The number of aromatic nitrogens is 3. The molecule has 0 unspecified atom stereocenters. The molecule has 6 heteroatoms. The summed E-state index contributed by atoms with van der Waals surface area (Å²) >= 11 is 0. The van der Waals surface area contributed by atoms with Crippen molar-refractivity contribution in [1.82, 2.24) is 19.7 Å². The Bertz CT molecular complexity index is 1200. The Balaban J connectivity index is 1.44. The number of amides is 1. The van der Waals surface area contributed by atoms with E-state index in [-0.39, 0.29) is 5.91 Å². The van der Waals surface area contributed by atoms with Crippen molar-refractivity contribution in [1.29, 1.82) is 5.26 Å². The van der Waals surface area contributed by atoms with E-state index in [1.165, 1.54) is 0 Å². The number of carbonyl (C=O) groups is 1. The third-order valence-corrected chi connectivity index (χ3v) is 4.45. The number of fused-ring (bicyclic) bond motifs is 1. The van der Waals surface area contributed by atoms with Crippen molar-refractivity contribution >= 4 is 11.6 Å². The molecule has 0 fully saturated rings. The normalized spacial score (nSPS) is 10.6. The monoisotopic (exact) mass is 367 g/mol. The van der Waals surface area contributed by atoms with Crippen LogP contribution in [-0.4, -0.2) is 20.3 Å². The largest absolute Gasteiger partial charge is 0.347 e. The topological polar surface area (TPSA) is 83.1 Å². The van der Waals surface area contributed by atoms with Gasteiger partial charge < -0.3 is 9.72 Å². The Morgan fingerprint density at radius 1 is 1.11 bits per heavy atom. The summed E-state index contributed by atoms with van der Waals surface area (Å²) < 4.78 is 1.68. The molecule has 0 spiro atoms. The molecule has 4 aromatic rings. The highest BCUT2D eigenvalue weighted by molar-refractivity contribution is 5.92. The van der Waals surface area contributed by atoms with Crippen LogP contribution in [0.2, 0.25) is 0 Å². The van der Waals surface area contributed by atoms with Gasteiger partial charge in [0, 0.05) is 30.8 Å². The van der Waals surface area contributed by atoms with Gasteiger partial charge in [0.05, 0.1) is 5.56 Å². The molecule has 0 saturated heterocycles. The standard InChI is InChI=1S/C22H17N5O/c1-15-10-19(8-9-24-15)18-5-2-16(3-6-18)12-25-22(28)20-14-27-13-17(11-23)4-7-21(27)26-20/h2-10,13-14H,12H2,1H3,(H,25,28). The first-order chi connectivity index (χ1) is 13.6. The maximum Gasteiger partial charge on any atom is 0.271 e. The molecule has 0 aliphatic rings. The second-order valence-electron chi connectivity index (χ2n) is 6.49. The molecule has 0 saturated carbocycles. The van der Waals surface area contributed by atoms with Crippen molar-refractivity contribution in [2.45, 2.75) is 13.5 Å². The Labute approximate surface area is 162 Å². The van der Waals surface area contributed by atoms with Crippen LogP contribution in [0.5, 0.6) is 0 Å². The van der Waals surface area contributed by atoms with Crippen LogP contribution in [-0.2, 0) is 6.54 Å². The molecule has 0 bridgehead atoms. The molecule has 1 N–H and O–H groups in total. The van der Waals surface area contributed by atoms with Crippen LogP contribution >= 0.6 is 0 Å². The van der Waals surface area contributed by atoms with Gasteiger partial charge in [-0.25, -0.2) is 4.98 Å². The molecule has 1 aromatic carbocycles. The molecular formula is C22H17N5O. The lowest BCUT2D eigenvalue weighted by molar-refractivity contribution is 0.0946. The molecule has 3 aromatic heterocycles. The predicted octanol–water partition coefficient (Wildman–Crippen LogP) is 3.51. The van der Waals surface area contributed by atoms with Crippen molar-refractivity contribution in [3.63, 3.8) is 0 Å². The van der Waals surface area contributed by atoms with Gasteiger partial charge in [0.15, 0.2) is 0 Å². The summed E-state index contributed by atoms with van der Waals surface area (Å²) in [5.74, 6) is -0.254. The number of imidazole rings is 1. The lowest BCUT2D eigenvalue weighted by Gasteiger charge is -2.06. The molecule has 6 nitrogen and oxygen atoms in total. The Hall–Kier alpha value is -3.98. The summed E-state index contributed by atoms with van der Waals surface area (Å²) in [6.07, 6.45) is 5.08. The van der Waals surface area contributed by atoms with E-state index < -0.39 is 0 Å². The zero-order valence-electron chi connectivity index (χ0n) is 15.3. The van der Waals surface area contributed by atoms with E-state index >= 15 is 0 Å². The van der Waals surface area contributed by atoms with Gasteiger partial charge in [-0.3, -0.25) is 9.78 Å². The van der Waals surface area contributed by atoms with Crippen LogP contribution in [0.3, 0.4) is 0 Å². The van der Waals surface area contributed by atoms with E-state index in [4.69, 9.17) is 5.26 Å². The smallest absolute Gasteiger partial charge is 0.271 e. The van der Waals surface area contributed by atoms with Gasteiger partial charge in [-0.2, -0.15) is 5.26 Å². The summed E-state index contributed by atoms with van der Waals surface area (Å²) in [6.45, 7) is 2.37. The van der Waals surface area contributed by atoms with Crippen LogP contribution in [0.25, 0.3) is 16.8 Å². The summed E-state index contributed by atoms with van der Waals surface area (Å²) in [7, 11) is 0. The number of nitrogens with one attached hydrogen (secondary N) is 1. The highest BCUT2D eigenvalue weighted by Gasteiger charge is 2.11. The van der Waals surface area contributed by atoms with E-state index in [0.29, 0.717) is 23.4 Å². The van der Waals surface area contributed by atoms with Crippen LogP contribution in [0, 0.1) is 18.3 Å². The van der Waals surface area contributed by atoms with E-state index in [1.54, 1.807) is 35.1 Å². The fourth-order valence-corrected chi connectivity index (χ4v) is 2.98. The minimum atomic E-state index is -0.254. The van der Waals surface area contributed by atoms with Crippen molar-refractivity contribution in [2.24, 2.45) is 0 Å². The van der Waals surface area contributed by atoms with Gasteiger partial charge in [-0.15, -0.1) is 0 Å². The Morgan fingerprint density at radius 3 is 2.68 bits per heavy atom. The lowest BCUT2D eigenvalue weighted by atomic mass is 10.0. The number of aryl methyl sites for hydroxylation is 1. The number of hydrogen-bond donors (Lipinski definition) is 1. The summed E-state index contributed by atoms with van der Waals surface area (Å²) in [5.41, 5.74) is 5.65. The average Bonchev–Trinajstić information content (AvgIpc) is 3.15. The predicted molar refractivity (Wildman–Crippen MR) is 105 cm³/mol. The third-order valence-electron chi connectivity index (χ3n) is 4.45. The van der Waals surface area contributed by atoms with Crippen LogP contribution in [0.15, 0.2) is 67.1 Å². The summed E-state index contributed by atoms with van der Waals surface area (Å²) in [5, 5.41) is 11.8. The average molecular weight is 367 g/mol. The molecule has 1 amide bonds. The van der Waals surface area contributed by atoms with E-state index in [1.807, 2.05) is 43.3 Å². The van der Waals surface area contributed by atoms with Crippen LogP contribution in [0.1, 0.15) is 27.3 Å². The number of rotatable bonds is 4. The molecular weight excluding hydrogens is 350 g/mol. The molecule has 0 atom stereocenters. The lowest BCUT2D eigenvalue weighted by Crippen LogP contribution is -2.23. The third kappa shape index (κ3) is 3.60.